The summed E-state index contributed by atoms with van der Waals surface area (Å²) in [4.78, 5) is 23.2. The van der Waals surface area contributed by atoms with Crippen molar-refractivity contribution in [1.29, 1.82) is 0 Å². The third-order valence-corrected chi connectivity index (χ3v) is 2.02. The van der Waals surface area contributed by atoms with Crippen molar-refractivity contribution < 1.29 is 19.4 Å². The lowest BCUT2D eigenvalue weighted by Gasteiger charge is -2.18. The van der Waals surface area contributed by atoms with E-state index in [1.807, 2.05) is 0 Å². The normalized spacial score (nSPS) is 11.9. The summed E-state index contributed by atoms with van der Waals surface area (Å²) in [7, 11) is 3.12. The topological polar surface area (TPSA) is 105 Å². The minimum atomic E-state index is -1.06. The molecule has 4 N–H and O–H groups in total. The third kappa shape index (κ3) is 6.20. The summed E-state index contributed by atoms with van der Waals surface area (Å²) >= 11 is 0. The molecule has 0 saturated carbocycles. The van der Waals surface area contributed by atoms with Crippen LogP contribution in [0.1, 0.15) is 6.42 Å². The molecule has 0 aliphatic carbocycles. The minimum absolute atomic E-state index is 0.226. The van der Waals surface area contributed by atoms with E-state index in [4.69, 9.17) is 15.6 Å². The highest BCUT2D eigenvalue weighted by Crippen LogP contribution is 1.93. The zero-order valence-electron chi connectivity index (χ0n) is 9.60. The monoisotopic (exact) mass is 233 g/mol. The fourth-order valence-corrected chi connectivity index (χ4v) is 0.953. The Balaban J connectivity index is 3.74. The molecule has 0 aromatic heterocycles. The number of amides is 2. The van der Waals surface area contributed by atoms with Gasteiger partial charge in [-0.25, -0.2) is 4.79 Å². The van der Waals surface area contributed by atoms with Crippen LogP contribution < -0.4 is 11.1 Å². The maximum atomic E-state index is 11.4. The maximum absolute atomic E-state index is 11.4. The summed E-state index contributed by atoms with van der Waals surface area (Å²) in [5.41, 5.74) is 5.31. The van der Waals surface area contributed by atoms with E-state index in [1.54, 1.807) is 14.2 Å². The smallest absolute Gasteiger partial charge is 0.320 e. The van der Waals surface area contributed by atoms with E-state index < -0.39 is 12.0 Å². The molecule has 0 heterocycles. The molecular weight excluding hydrogens is 214 g/mol. The second kappa shape index (κ2) is 7.89. The lowest BCUT2D eigenvalue weighted by Crippen LogP contribution is -2.41. The molecule has 0 spiro atoms. The van der Waals surface area contributed by atoms with E-state index in [0.29, 0.717) is 19.7 Å². The van der Waals surface area contributed by atoms with E-state index in [9.17, 15) is 9.59 Å². The second-order valence-electron chi connectivity index (χ2n) is 3.38. The molecule has 7 nitrogen and oxygen atoms in total. The van der Waals surface area contributed by atoms with Gasteiger partial charge in [0.15, 0.2) is 0 Å². The second-order valence-corrected chi connectivity index (χ2v) is 3.38. The van der Waals surface area contributed by atoms with Crippen LogP contribution in [0.2, 0.25) is 0 Å². The summed E-state index contributed by atoms with van der Waals surface area (Å²) in [5.74, 6) is -1.06. The minimum Gasteiger partial charge on any atom is -0.480 e. The lowest BCUT2D eigenvalue weighted by molar-refractivity contribution is -0.138. The van der Waals surface area contributed by atoms with Gasteiger partial charge in [0.25, 0.3) is 0 Å². The van der Waals surface area contributed by atoms with E-state index in [1.165, 1.54) is 4.90 Å². The van der Waals surface area contributed by atoms with Crippen molar-refractivity contribution in [3.05, 3.63) is 0 Å². The first kappa shape index (κ1) is 14.7. The number of rotatable bonds is 7. The van der Waals surface area contributed by atoms with Gasteiger partial charge in [-0.15, -0.1) is 0 Å². The number of hydrogen-bond acceptors (Lipinski definition) is 4. The zero-order chi connectivity index (χ0) is 12.6. The Kier molecular flexibility index (Phi) is 7.23. The van der Waals surface area contributed by atoms with Gasteiger partial charge in [0.1, 0.15) is 6.04 Å². The van der Waals surface area contributed by atoms with Crippen molar-refractivity contribution in [3.63, 3.8) is 0 Å². The molecular formula is C9H19N3O4. The van der Waals surface area contributed by atoms with Crippen molar-refractivity contribution in [2.75, 3.05) is 33.9 Å². The van der Waals surface area contributed by atoms with Gasteiger partial charge < -0.3 is 25.8 Å². The number of carboxylic acids is 1. The van der Waals surface area contributed by atoms with Crippen LogP contribution >= 0.6 is 0 Å². The largest absolute Gasteiger partial charge is 0.480 e. The molecule has 0 aliphatic rings. The highest BCUT2D eigenvalue weighted by molar-refractivity contribution is 5.74. The first-order valence-electron chi connectivity index (χ1n) is 4.95. The van der Waals surface area contributed by atoms with Crippen molar-refractivity contribution in [3.8, 4) is 0 Å². The summed E-state index contributed by atoms with van der Waals surface area (Å²) < 4.78 is 4.77. The number of aliphatic carboxylic acids is 1. The number of nitrogens with one attached hydrogen (secondary N) is 1. The Labute approximate surface area is 94.5 Å². The molecule has 0 bridgehead atoms. The molecule has 7 heteroatoms. The van der Waals surface area contributed by atoms with Crippen LogP contribution in [0.25, 0.3) is 0 Å². The highest BCUT2D eigenvalue weighted by Gasteiger charge is 2.14. The van der Waals surface area contributed by atoms with E-state index in [-0.39, 0.29) is 12.5 Å². The predicted molar refractivity (Wildman–Crippen MR) is 58.1 cm³/mol. The summed E-state index contributed by atoms with van der Waals surface area (Å²) in [6.45, 7) is 1.16. The Morgan fingerprint density at radius 2 is 2.19 bits per heavy atom. The Hall–Kier alpha value is -1.34. The molecule has 2 amide bonds. The van der Waals surface area contributed by atoms with E-state index in [2.05, 4.69) is 5.32 Å². The number of carbonyl (C=O) groups is 2. The van der Waals surface area contributed by atoms with Crippen LogP contribution in [0, 0.1) is 0 Å². The molecule has 0 radical (unpaired) electrons. The van der Waals surface area contributed by atoms with Gasteiger partial charge in [0, 0.05) is 27.2 Å². The molecule has 1 atom stereocenters. The van der Waals surface area contributed by atoms with Gasteiger partial charge in [0.2, 0.25) is 0 Å². The number of carboxylic acid groups (broad SMARTS) is 1. The SMILES string of the molecule is COCCNC(=O)N(C)CC[C@H](N)C(=O)O. The molecule has 0 unspecified atom stereocenters. The van der Waals surface area contributed by atoms with Gasteiger partial charge in [-0.3, -0.25) is 4.79 Å². The predicted octanol–water partition coefficient (Wildman–Crippen LogP) is -0.924. The van der Waals surface area contributed by atoms with E-state index in [0.717, 1.165) is 0 Å². The van der Waals surface area contributed by atoms with Gasteiger partial charge in [-0.2, -0.15) is 0 Å². The third-order valence-electron chi connectivity index (χ3n) is 2.02. The quantitative estimate of drug-likeness (QED) is 0.493. The Morgan fingerprint density at radius 1 is 1.56 bits per heavy atom. The summed E-state index contributed by atoms with van der Waals surface area (Å²) in [6.07, 6.45) is 0.226. The molecule has 94 valence electrons. The van der Waals surface area contributed by atoms with Gasteiger partial charge in [-0.1, -0.05) is 0 Å². The fraction of sp³-hybridized carbons (Fsp3) is 0.778. The van der Waals surface area contributed by atoms with Gasteiger partial charge in [-0.05, 0) is 6.42 Å². The number of carbonyl (C=O) groups excluding carboxylic acids is 1. The molecule has 0 aromatic carbocycles. The number of urea groups is 1. The van der Waals surface area contributed by atoms with E-state index >= 15 is 0 Å². The van der Waals surface area contributed by atoms with Crippen LogP contribution in [-0.4, -0.2) is 61.9 Å². The number of ether oxygens (including phenoxy) is 1. The van der Waals surface area contributed by atoms with Gasteiger partial charge in [0.05, 0.1) is 6.61 Å². The highest BCUT2D eigenvalue weighted by atomic mass is 16.5. The lowest BCUT2D eigenvalue weighted by atomic mass is 10.2. The standard InChI is InChI=1S/C9H19N3O4/c1-12(5-3-7(10)8(13)14)9(15)11-4-6-16-2/h7H,3-6,10H2,1-2H3,(H,11,15)(H,13,14)/t7-/m0/s1. The van der Waals surface area contributed by atoms with Crippen LogP contribution in [0.5, 0.6) is 0 Å². The molecule has 0 aromatic rings. The molecule has 16 heavy (non-hydrogen) atoms. The average molecular weight is 233 g/mol. The maximum Gasteiger partial charge on any atom is 0.320 e. The Bertz CT molecular complexity index is 235. The fourth-order valence-electron chi connectivity index (χ4n) is 0.953. The van der Waals surface area contributed by atoms with Crippen LogP contribution in [0.4, 0.5) is 4.79 Å². The first-order chi connectivity index (χ1) is 7.49. The Morgan fingerprint density at radius 3 is 2.69 bits per heavy atom. The number of nitrogens with zero attached hydrogens (tertiary/aromatic N) is 1. The first-order valence-corrected chi connectivity index (χ1v) is 4.95. The average Bonchev–Trinajstić information content (AvgIpc) is 2.25. The number of nitrogens with two attached hydrogens (primary N) is 1. The van der Waals surface area contributed by atoms with Crippen molar-refractivity contribution >= 4 is 12.0 Å². The van der Waals surface area contributed by atoms with Crippen LogP contribution in [0.3, 0.4) is 0 Å². The van der Waals surface area contributed by atoms with Crippen molar-refractivity contribution in [2.45, 2.75) is 12.5 Å². The van der Waals surface area contributed by atoms with Crippen molar-refractivity contribution in [1.82, 2.24) is 10.2 Å². The molecule has 0 aliphatic heterocycles. The molecule has 0 fully saturated rings. The zero-order valence-corrected chi connectivity index (χ0v) is 9.60. The molecule has 0 saturated heterocycles. The van der Waals surface area contributed by atoms with Crippen LogP contribution in [0.15, 0.2) is 0 Å². The summed E-state index contributed by atoms with van der Waals surface area (Å²) in [5, 5.41) is 11.2. The summed E-state index contributed by atoms with van der Waals surface area (Å²) in [6, 6.07) is -1.20. The van der Waals surface area contributed by atoms with Crippen LogP contribution in [-0.2, 0) is 9.53 Å². The number of hydrogen-bond donors (Lipinski definition) is 3. The van der Waals surface area contributed by atoms with Crippen molar-refractivity contribution in [2.24, 2.45) is 5.73 Å². The molecule has 0 rings (SSSR count). The van der Waals surface area contributed by atoms with Gasteiger partial charge >= 0.3 is 12.0 Å². The number of methoxy groups -OCH3 is 1.